The van der Waals surface area contributed by atoms with Crippen LogP contribution in [0.3, 0.4) is 0 Å². The average molecular weight is 533 g/mol. The Kier molecular flexibility index (Phi) is 9.68. The minimum absolute atomic E-state index is 0.153. The van der Waals surface area contributed by atoms with Crippen LogP contribution in [0.4, 0.5) is 0 Å². The van der Waals surface area contributed by atoms with Gasteiger partial charge in [-0.25, -0.2) is 9.97 Å². The van der Waals surface area contributed by atoms with Crippen LogP contribution in [0.5, 0.6) is 0 Å². The number of fused-ring (bicyclic) bond motifs is 1. The van der Waals surface area contributed by atoms with E-state index < -0.39 is 5.60 Å². The van der Waals surface area contributed by atoms with E-state index in [0.717, 1.165) is 27.4 Å². The molecule has 162 valence electrons. The maximum atomic E-state index is 12.0. The average Bonchev–Trinajstić information content (AvgIpc) is 2.95. The van der Waals surface area contributed by atoms with Gasteiger partial charge in [0, 0.05) is 11.9 Å². The number of nitrogens with zero attached hydrogens (tertiary/aromatic N) is 3. The van der Waals surface area contributed by atoms with Crippen molar-refractivity contribution in [3.8, 4) is 0 Å². The van der Waals surface area contributed by atoms with Gasteiger partial charge in [0.1, 0.15) is 5.52 Å². The second-order valence-electron chi connectivity index (χ2n) is 8.00. The number of halogens is 1. The molecule has 1 unspecified atom stereocenters. The third-order valence-corrected chi connectivity index (χ3v) is 6.32. The molecule has 2 aromatic rings. The summed E-state index contributed by atoms with van der Waals surface area (Å²) in [5.41, 5.74) is 0.963. The fourth-order valence-corrected chi connectivity index (χ4v) is 4.50. The molecule has 0 spiro atoms. The number of carbonyl (C=O) groups excluding carboxylic acids is 1. The molecule has 2 heterocycles. The molecule has 0 fully saturated rings. The van der Waals surface area contributed by atoms with Crippen molar-refractivity contribution >= 4 is 51.4 Å². The summed E-state index contributed by atoms with van der Waals surface area (Å²) in [6.45, 7) is 8.89. The molecule has 0 amide bonds. The van der Waals surface area contributed by atoms with Crippen LogP contribution in [0.1, 0.15) is 59.8 Å². The molecule has 0 saturated carbocycles. The van der Waals surface area contributed by atoms with Crippen LogP contribution in [-0.4, -0.2) is 43.6 Å². The Labute approximate surface area is 191 Å². The number of hydrogen-bond donors (Lipinski definition) is 1. The van der Waals surface area contributed by atoms with Gasteiger partial charge < -0.3 is 14.4 Å². The zero-order valence-corrected chi connectivity index (χ0v) is 20.8. The molecule has 0 aliphatic carbocycles. The van der Waals surface area contributed by atoms with Crippen LogP contribution in [0.25, 0.3) is 11.0 Å². The zero-order valence-electron chi connectivity index (χ0n) is 17.8. The van der Waals surface area contributed by atoms with E-state index in [1.165, 1.54) is 24.6 Å². The first-order chi connectivity index (χ1) is 13.7. The van der Waals surface area contributed by atoms with Crippen molar-refractivity contribution < 1.29 is 14.6 Å². The molecule has 2 aromatic heterocycles. The van der Waals surface area contributed by atoms with E-state index in [1.54, 1.807) is 20.0 Å². The zero-order chi connectivity index (χ0) is 21.4. The number of carbonyl (C=O) groups is 1. The Morgan fingerprint density at radius 3 is 2.83 bits per heavy atom. The number of aromatic nitrogens is 3. The number of rotatable bonds is 12. The van der Waals surface area contributed by atoms with E-state index in [4.69, 9.17) is 4.74 Å². The van der Waals surface area contributed by atoms with Crippen molar-refractivity contribution in [2.24, 2.45) is 5.92 Å². The Balaban J connectivity index is 1.86. The summed E-state index contributed by atoms with van der Waals surface area (Å²) in [7, 11) is 0. The first kappa shape index (κ1) is 24.4. The highest BCUT2D eigenvalue weighted by atomic mass is 127. The first-order valence-corrected chi connectivity index (χ1v) is 12.3. The van der Waals surface area contributed by atoms with Gasteiger partial charge in [-0.15, -0.1) is 0 Å². The van der Waals surface area contributed by atoms with Crippen LogP contribution in [-0.2, 0) is 16.1 Å². The number of unbranched alkanes of at least 4 members (excludes halogenated alkanes) is 1. The summed E-state index contributed by atoms with van der Waals surface area (Å²) in [6.07, 6.45) is 8.64. The van der Waals surface area contributed by atoms with E-state index in [0.29, 0.717) is 36.4 Å². The lowest BCUT2D eigenvalue weighted by molar-refractivity contribution is -0.144. The van der Waals surface area contributed by atoms with Crippen LogP contribution < -0.4 is 0 Å². The minimum atomic E-state index is -0.809. The van der Waals surface area contributed by atoms with Crippen LogP contribution in [0, 0.1) is 9.49 Å². The molecule has 1 N–H and O–H groups in total. The van der Waals surface area contributed by atoms with Crippen molar-refractivity contribution in [2.75, 3.05) is 12.4 Å². The molecule has 0 saturated heterocycles. The molecule has 1 atom stereocenters. The summed E-state index contributed by atoms with van der Waals surface area (Å²) in [6, 6.07) is 0. The van der Waals surface area contributed by atoms with Gasteiger partial charge in [0.05, 0.1) is 40.5 Å². The third-order valence-electron chi connectivity index (χ3n) is 4.67. The van der Waals surface area contributed by atoms with E-state index in [9.17, 15) is 9.90 Å². The van der Waals surface area contributed by atoms with Gasteiger partial charge in [0.15, 0.2) is 5.16 Å². The SMILES string of the molecule is CCCCC(CC)COC(=O)CCSc1ncc2c(n1)c(I)cn2CC(C)(C)O. The van der Waals surface area contributed by atoms with Crippen molar-refractivity contribution in [3.05, 3.63) is 16.0 Å². The number of esters is 1. The quantitative estimate of drug-likeness (QED) is 0.178. The standard InChI is InChI=1S/C21H32IN3O3S/c1-5-7-8-15(6-2)13-28-18(26)9-10-29-20-23-11-17-19(24-20)16(22)12-25(17)14-21(3,4)27/h11-12,15,27H,5-10,13-14H2,1-4H3. The lowest BCUT2D eigenvalue weighted by atomic mass is 10.0. The number of thioether (sulfide) groups is 1. The molecule has 6 nitrogen and oxygen atoms in total. The van der Waals surface area contributed by atoms with Crippen molar-refractivity contribution in [2.45, 2.75) is 77.1 Å². The maximum Gasteiger partial charge on any atom is 0.306 e. The highest BCUT2D eigenvalue weighted by Crippen LogP contribution is 2.25. The Bertz CT molecular complexity index is 804. The van der Waals surface area contributed by atoms with E-state index in [-0.39, 0.29) is 5.97 Å². The fourth-order valence-electron chi connectivity index (χ4n) is 3.04. The molecule has 0 radical (unpaired) electrons. The Morgan fingerprint density at radius 2 is 2.17 bits per heavy atom. The molecule has 0 aliphatic rings. The van der Waals surface area contributed by atoms with Crippen molar-refractivity contribution in [1.82, 2.24) is 14.5 Å². The highest BCUT2D eigenvalue weighted by Gasteiger charge is 2.18. The van der Waals surface area contributed by atoms with Crippen molar-refractivity contribution in [1.29, 1.82) is 0 Å². The smallest absolute Gasteiger partial charge is 0.306 e. The number of hydrogen-bond acceptors (Lipinski definition) is 6. The molecule has 0 aliphatic heterocycles. The van der Waals surface area contributed by atoms with Crippen LogP contribution in [0.15, 0.2) is 17.6 Å². The van der Waals surface area contributed by atoms with E-state index >= 15 is 0 Å². The molecule has 0 bridgehead atoms. The summed E-state index contributed by atoms with van der Waals surface area (Å²) in [4.78, 5) is 21.1. The largest absolute Gasteiger partial charge is 0.465 e. The Hall–Kier alpha value is -0.870. The fraction of sp³-hybridized carbons (Fsp3) is 0.667. The molecular weight excluding hydrogens is 501 g/mol. The molecule has 2 rings (SSSR count). The van der Waals surface area contributed by atoms with Gasteiger partial charge in [0.25, 0.3) is 0 Å². The minimum Gasteiger partial charge on any atom is -0.465 e. The second-order valence-corrected chi connectivity index (χ2v) is 10.2. The first-order valence-electron chi connectivity index (χ1n) is 10.3. The topological polar surface area (TPSA) is 77.2 Å². The molecule has 8 heteroatoms. The van der Waals surface area contributed by atoms with Gasteiger partial charge in [-0.3, -0.25) is 4.79 Å². The molecule has 0 aromatic carbocycles. The predicted molar refractivity (Wildman–Crippen MR) is 126 cm³/mol. The lowest BCUT2D eigenvalue weighted by Crippen LogP contribution is -2.25. The van der Waals surface area contributed by atoms with Gasteiger partial charge in [0.2, 0.25) is 0 Å². The predicted octanol–water partition coefficient (Wildman–Crippen LogP) is 5.05. The maximum absolute atomic E-state index is 12.0. The molecule has 29 heavy (non-hydrogen) atoms. The van der Waals surface area contributed by atoms with Gasteiger partial charge >= 0.3 is 5.97 Å². The van der Waals surface area contributed by atoms with Crippen LogP contribution in [0.2, 0.25) is 0 Å². The van der Waals surface area contributed by atoms with E-state index in [2.05, 4.69) is 46.4 Å². The van der Waals surface area contributed by atoms with Gasteiger partial charge in [-0.1, -0.05) is 44.9 Å². The second kappa shape index (κ2) is 11.5. The van der Waals surface area contributed by atoms with Crippen molar-refractivity contribution in [3.63, 3.8) is 0 Å². The summed E-state index contributed by atoms with van der Waals surface area (Å²) in [5, 5.41) is 10.7. The number of aliphatic hydroxyl groups is 1. The summed E-state index contributed by atoms with van der Waals surface area (Å²) >= 11 is 3.71. The van der Waals surface area contributed by atoms with Gasteiger partial charge in [-0.05, 0) is 48.8 Å². The summed E-state index contributed by atoms with van der Waals surface area (Å²) < 4.78 is 8.44. The van der Waals surface area contributed by atoms with Gasteiger partial charge in [-0.2, -0.15) is 0 Å². The Morgan fingerprint density at radius 1 is 1.41 bits per heavy atom. The monoisotopic (exact) mass is 533 g/mol. The van der Waals surface area contributed by atoms with E-state index in [1.807, 2.05) is 10.8 Å². The summed E-state index contributed by atoms with van der Waals surface area (Å²) in [5.74, 6) is 0.906. The van der Waals surface area contributed by atoms with Crippen LogP contribution >= 0.6 is 34.4 Å². The molecular formula is C21H32IN3O3S. The normalized spacial score (nSPS) is 13.0. The highest BCUT2D eigenvalue weighted by molar-refractivity contribution is 14.1. The number of ether oxygens (including phenoxy) is 1. The lowest BCUT2D eigenvalue weighted by Gasteiger charge is -2.18. The third kappa shape index (κ3) is 8.05.